The van der Waals surface area contributed by atoms with Crippen molar-refractivity contribution in [2.24, 2.45) is 0 Å². The Morgan fingerprint density at radius 1 is 0.920 bits per heavy atom. The van der Waals surface area contributed by atoms with Gasteiger partial charge in [0, 0.05) is 17.5 Å². The summed E-state index contributed by atoms with van der Waals surface area (Å²) in [7, 11) is 0. The molecule has 4 rings (SSSR count). The summed E-state index contributed by atoms with van der Waals surface area (Å²) in [6.45, 7) is 0. The van der Waals surface area contributed by atoms with Gasteiger partial charge in [-0.1, -0.05) is 59.6 Å². The van der Waals surface area contributed by atoms with Gasteiger partial charge in [0.2, 0.25) is 0 Å². The first-order valence-electron chi connectivity index (χ1n) is 7.82. The van der Waals surface area contributed by atoms with Crippen LogP contribution in [0, 0.1) is 0 Å². The summed E-state index contributed by atoms with van der Waals surface area (Å²) in [6, 6.07) is 17.7. The molecule has 0 radical (unpaired) electrons. The van der Waals surface area contributed by atoms with Crippen molar-refractivity contribution >= 4 is 34.5 Å². The maximum atomic E-state index is 6.44. The Kier molecular flexibility index (Phi) is 4.62. The van der Waals surface area contributed by atoms with E-state index in [0.717, 1.165) is 34.8 Å². The van der Waals surface area contributed by atoms with Crippen LogP contribution in [0.3, 0.4) is 0 Å². The lowest BCUT2D eigenvalue weighted by Gasteiger charge is -2.07. The third-order valence-corrected chi connectivity index (χ3v) is 5.33. The number of hydrogen-bond donors (Lipinski definition) is 1. The zero-order valence-corrected chi connectivity index (χ0v) is 15.5. The van der Waals surface area contributed by atoms with Gasteiger partial charge in [-0.2, -0.15) is 11.3 Å². The molecule has 1 N–H and O–H groups in total. The molecule has 0 amide bonds. The van der Waals surface area contributed by atoms with E-state index in [0.29, 0.717) is 10.0 Å². The van der Waals surface area contributed by atoms with E-state index < -0.39 is 0 Å². The average Bonchev–Trinajstić information content (AvgIpc) is 3.26. The van der Waals surface area contributed by atoms with Crippen LogP contribution in [-0.2, 0) is 6.42 Å². The van der Waals surface area contributed by atoms with E-state index >= 15 is 0 Å². The third-order valence-electron chi connectivity index (χ3n) is 3.97. The molecule has 0 fully saturated rings. The molecule has 0 aliphatic carbocycles. The predicted octanol–water partition coefficient (Wildman–Crippen LogP) is 6.70. The SMILES string of the molecule is Clc1cccc(Cl)c1-c1nc(Cc2ccsc2)[nH]c1-c1ccccc1. The predicted molar refractivity (Wildman–Crippen MR) is 107 cm³/mol. The molecule has 0 atom stereocenters. The van der Waals surface area contributed by atoms with Crippen molar-refractivity contribution in [3.05, 3.63) is 86.8 Å². The van der Waals surface area contributed by atoms with Crippen molar-refractivity contribution < 1.29 is 0 Å². The molecule has 0 unspecified atom stereocenters. The summed E-state index contributed by atoms with van der Waals surface area (Å²) in [6.07, 6.45) is 0.741. The summed E-state index contributed by atoms with van der Waals surface area (Å²) >= 11 is 14.6. The number of rotatable bonds is 4. The first-order valence-corrected chi connectivity index (χ1v) is 9.52. The molecule has 0 saturated heterocycles. The standard InChI is InChI=1S/C20H14Cl2N2S/c21-15-7-4-8-16(22)18(15)20-19(14-5-2-1-3-6-14)23-17(24-20)11-13-9-10-25-12-13/h1-10,12H,11H2,(H,23,24). The highest BCUT2D eigenvalue weighted by Gasteiger charge is 2.19. The van der Waals surface area contributed by atoms with Crippen LogP contribution in [0.1, 0.15) is 11.4 Å². The van der Waals surface area contributed by atoms with Crippen LogP contribution in [0.4, 0.5) is 0 Å². The van der Waals surface area contributed by atoms with Gasteiger partial charge in [-0.3, -0.25) is 0 Å². The molecule has 2 heterocycles. The third kappa shape index (κ3) is 3.36. The van der Waals surface area contributed by atoms with E-state index in [-0.39, 0.29) is 0 Å². The fraction of sp³-hybridized carbons (Fsp3) is 0.0500. The Balaban J connectivity index is 1.88. The highest BCUT2D eigenvalue weighted by Crippen LogP contribution is 2.39. The number of aromatic nitrogens is 2. The van der Waals surface area contributed by atoms with Gasteiger partial charge < -0.3 is 4.98 Å². The van der Waals surface area contributed by atoms with Gasteiger partial charge in [0.05, 0.1) is 21.4 Å². The average molecular weight is 385 g/mol. The fourth-order valence-corrected chi connectivity index (χ4v) is 4.06. The number of imidazole rings is 1. The van der Waals surface area contributed by atoms with Crippen molar-refractivity contribution in [2.45, 2.75) is 6.42 Å². The van der Waals surface area contributed by atoms with Crippen LogP contribution in [0.2, 0.25) is 10.0 Å². The van der Waals surface area contributed by atoms with Gasteiger partial charge in [0.25, 0.3) is 0 Å². The van der Waals surface area contributed by atoms with Crippen LogP contribution >= 0.6 is 34.5 Å². The number of thiophene rings is 1. The van der Waals surface area contributed by atoms with Crippen molar-refractivity contribution in [3.8, 4) is 22.5 Å². The second-order valence-electron chi connectivity index (χ2n) is 5.68. The van der Waals surface area contributed by atoms with E-state index in [4.69, 9.17) is 28.2 Å². The van der Waals surface area contributed by atoms with E-state index in [2.05, 4.69) is 33.9 Å². The summed E-state index contributed by atoms with van der Waals surface area (Å²) in [5.41, 5.74) is 4.76. The summed E-state index contributed by atoms with van der Waals surface area (Å²) in [5.74, 6) is 0.892. The molecule has 4 aromatic rings. The first kappa shape index (κ1) is 16.4. The number of aromatic amines is 1. The van der Waals surface area contributed by atoms with Crippen molar-refractivity contribution in [1.29, 1.82) is 0 Å². The van der Waals surface area contributed by atoms with E-state index in [1.165, 1.54) is 5.56 Å². The zero-order valence-electron chi connectivity index (χ0n) is 13.2. The lowest BCUT2D eigenvalue weighted by molar-refractivity contribution is 1.03. The lowest BCUT2D eigenvalue weighted by Crippen LogP contribution is -1.88. The summed E-state index contributed by atoms with van der Waals surface area (Å²) in [5, 5.41) is 5.39. The Bertz CT molecular complexity index is 972. The lowest BCUT2D eigenvalue weighted by atomic mass is 10.1. The number of hydrogen-bond acceptors (Lipinski definition) is 2. The second-order valence-corrected chi connectivity index (χ2v) is 7.27. The minimum atomic E-state index is 0.596. The first-order chi connectivity index (χ1) is 12.2. The Morgan fingerprint density at radius 3 is 2.36 bits per heavy atom. The van der Waals surface area contributed by atoms with Crippen LogP contribution in [-0.4, -0.2) is 9.97 Å². The molecule has 0 saturated carbocycles. The summed E-state index contributed by atoms with van der Waals surface area (Å²) < 4.78 is 0. The topological polar surface area (TPSA) is 28.7 Å². The molecule has 0 spiro atoms. The van der Waals surface area contributed by atoms with Gasteiger partial charge in [-0.15, -0.1) is 0 Å². The molecule has 2 aromatic heterocycles. The number of nitrogens with zero attached hydrogens (tertiary/aromatic N) is 1. The van der Waals surface area contributed by atoms with E-state index in [9.17, 15) is 0 Å². The monoisotopic (exact) mass is 384 g/mol. The molecule has 0 aliphatic heterocycles. The van der Waals surface area contributed by atoms with Crippen molar-refractivity contribution in [1.82, 2.24) is 9.97 Å². The molecule has 0 bridgehead atoms. The quantitative estimate of drug-likeness (QED) is 0.416. The molecule has 25 heavy (non-hydrogen) atoms. The minimum absolute atomic E-state index is 0.596. The largest absolute Gasteiger partial charge is 0.341 e. The molecule has 5 heteroatoms. The second kappa shape index (κ2) is 7.04. The maximum Gasteiger partial charge on any atom is 0.111 e. The van der Waals surface area contributed by atoms with Gasteiger partial charge in [-0.05, 0) is 34.5 Å². The molecule has 2 nitrogen and oxygen atoms in total. The van der Waals surface area contributed by atoms with E-state index in [1.807, 2.05) is 36.4 Å². The summed E-state index contributed by atoms with van der Waals surface area (Å²) in [4.78, 5) is 8.30. The molecule has 0 aliphatic rings. The Labute approximate surface area is 160 Å². The van der Waals surface area contributed by atoms with Gasteiger partial charge in [-0.25, -0.2) is 4.98 Å². The minimum Gasteiger partial charge on any atom is -0.341 e. The molecular weight excluding hydrogens is 371 g/mol. The Hall–Kier alpha value is -2.07. The van der Waals surface area contributed by atoms with E-state index in [1.54, 1.807) is 11.3 Å². The highest BCUT2D eigenvalue weighted by molar-refractivity contribution is 7.07. The Morgan fingerprint density at radius 2 is 1.68 bits per heavy atom. The van der Waals surface area contributed by atoms with Gasteiger partial charge in [0.15, 0.2) is 0 Å². The molecule has 124 valence electrons. The zero-order chi connectivity index (χ0) is 17.2. The fourth-order valence-electron chi connectivity index (χ4n) is 2.81. The molecule has 2 aromatic carbocycles. The van der Waals surface area contributed by atoms with Crippen LogP contribution < -0.4 is 0 Å². The van der Waals surface area contributed by atoms with Gasteiger partial charge in [0.1, 0.15) is 5.82 Å². The smallest absolute Gasteiger partial charge is 0.111 e. The van der Waals surface area contributed by atoms with Crippen LogP contribution in [0.5, 0.6) is 0 Å². The highest BCUT2D eigenvalue weighted by atomic mass is 35.5. The maximum absolute atomic E-state index is 6.44. The number of benzene rings is 2. The van der Waals surface area contributed by atoms with Crippen molar-refractivity contribution in [2.75, 3.05) is 0 Å². The number of nitrogens with one attached hydrogen (secondary N) is 1. The van der Waals surface area contributed by atoms with Crippen LogP contribution in [0.25, 0.3) is 22.5 Å². The molecular formula is C20H14Cl2N2S. The van der Waals surface area contributed by atoms with Crippen LogP contribution in [0.15, 0.2) is 65.4 Å². The normalized spacial score (nSPS) is 11.0. The number of halogens is 2. The van der Waals surface area contributed by atoms with Gasteiger partial charge >= 0.3 is 0 Å². The van der Waals surface area contributed by atoms with Crippen molar-refractivity contribution in [3.63, 3.8) is 0 Å². The number of H-pyrrole nitrogens is 1.